The Hall–Kier alpha value is -0.0100. The highest BCUT2D eigenvalue weighted by atomic mass is 79.9. The molecule has 2 N–H and O–H groups in total. The van der Waals surface area contributed by atoms with Crippen LogP contribution in [0.15, 0.2) is 19.8 Å². The molecular formula is C6H6BrCl3N2O3. The number of rotatable bonds is 5. The van der Waals surface area contributed by atoms with Crippen molar-refractivity contribution in [1.29, 1.82) is 0 Å². The quantitative estimate of drug-likeness (QED) is 0.348. The minimum atomic E-state index is -0.806. The van der Waals surface area contributed by atoms with Crippen molar-refractivity contribution >= 4 is 50.7 Å². The predicted octanol–water partition coefficient (Wildman–Crippen LogP) is 2.29. The Balaban J connectivity index is 5.15. The summed E-state index contributed by atoms with van der Waals surface area (Å²) < 4.78 is -0.156. The monoisotopic (exact) mass is 338 g/mol. The van der Waals surface area contributed by atoms with E-state index in [0.717, 1.165) is 0 Å². The van der Waals surface area contributed by atoms with Crippen LogP contribution in [0.25, 0.3) is 0 Å². The summed E-state index contributed by atoms with van der Waals surface area (Å²) in [5, 5.41) is 20.8. The standard InChI is InChI=1S/C6H6BrCl3N2O3/c7-3(5(8)9)4(11-1-2-13)6(10)12(14)15/h11,13H,1-2H2. The lowest BCUT2D eigenvalue weighted by molar-refractivity contribution is -0.413. The second-order valence-corrected chi connectivity index (χ2v) is 4.25. The molecule has 0 radical (unpaired) electrons. The predicted molar refractivity (Wildman–Crippen MR) is 62.6 cm³/mol. The molecule has 0 unspecified atom stereocenters. The molecule has 0 aliphatic rings. The van der Waals surface area contributed by atoms with Crippen LogP contribution in [-0.4, -0.2) is 23.2 Å². The van der Waals surface area contributed by atoms with Crippen molar-refractivity contribution in [2.75, 3.05) is 13.2 Å². The molecule has 0 aromatic rings. The SMILES string of the molecule is O=[N+]([O-])C(Cl)=C(NCCO)C(Br)=C(Cl)Cl. The van der Waals surface area contributed by atoms with Gasteiger partial charge in [-0.2, -0.15) is 0 Å². The van der Waals surface area contributed by atoms with E-state index in [0.29, 0.717) is 0 Å². The highest BCUT2D eigenvalue weighted by molar-refractivity contribution is 9.12. The molecule has 0 heterocycles. The average Bonchev–Trinajstić information content (AvgIpc) is 2.17. The Morgan fingerprint density at radius 2 is 2.00 bits per heavy atom. The van der Waals surface area contributed by atoms with E-state index in [1.54, 1.807) is 0 Å². The summed E-state index contributed by atoms with van der Waals surface area (Å²) in [6.45, 7) is -0.138. The van der Waals surface area contributed by atoms with Gasteiger partial charge in [-0.05, 0) is 27.5 Å². The van der Waals surface area contributed by atoms with Gasteiger partial charge < -0.3 is 10.4 Å². The van der Waals surface area contributed by atoms with Crippen LogP contribution in [0.5, 0.6) is 0 Å². The third kappa shape index (κ3) is 5.03. The van der Waals surface area contributed by atoms with Gasteiger partial charge in [-0.25, -0.2) is 0 Å². The van der Waals surface area contributed by atoms with Crippen LogP contribution < -0.4 is 5.32 Å². The summed E-state index contributed by atoms with van der Waals surface area (Å²) in [6.07, 6.45) is 0. The van der Waals surface area contributed by atoms with E-state index in [1.807, 2.05) is 0 Å². The van der Waals surface area contributed by atoms with Crippen LogP contribution in [0.1, 0.15) is 0 Å². The largest absolute Gasteiger partial charge is 0.395 e. The number of hydrogen-bond acceptors (Lipinski definition) is 4. The van der Waals surface area contributed by atoms with E-state index < -0.39 is 10.1 Å². The number of nitrogens with zero attached hydrogens (tertiary/aromatic N) is 1. The lowest BCUT2D eigenvalue weighted by Crippen LogP contribution is -2.20. The minimum Gasteiger partial charge on any atom is -0.395 e. The third-order valence-electron chi connectivity index (χ3n) is 1.17. The maximum absolute atomic E-state index is 10.4. The van der Waals surface area contributed by atoms with E-state index >= 15 is 0 Å². The van der Waals surface area contributed by atoms with Gasteiger partial charge in [0.15, 0.2) is 0 Å². The lowest BCUT2D eigenvalue weighted by Gasteiger charge is -2.07. The summed E-state index contributed by atoms with van der Waals surface area (Å²) in [4.78, 5) is 9.61. The zero-order valence-corrected chi connectivity index (χ0v) is 11.0. The van der Waals surface area contributed by atoms with Crippen molar-refractivity contribution in [2.24, 2.45) is 0 Å². The van der Waals surface area contributed by atoms with Crippen LogP contribution in [0.3, 0.4) is 0 Å². The van der Waals surface area contributed by atoms with Crippen molar-refractivity contribution in [3.63, 3.8) is 0 Å². The molecule has 15 heavy (non-hydrogen) atoms. The number of nitro groups is 1. The molecule has 86 valence electrons. The number of aliphatic hydroxyl groups is 1. The average molecular weight is 340 g/mol. The molecule has 9 heteroatoms. The van der Waals surface area contributed by atoms with Gasteiger partial charge in [0.05, 0.1) is 16.0 Å². The molecule has 0 saturated carbocycles. The van der Waals surface area contributed by atoms with Gasteiger partial charge in [0.1, 0.15) is 10.2 Å². The number of allylic oxidation sites excluding steroid dienone is 1. The van der Waals surface area contributed by atoms with E-state index in [-0.39, 0.29) is 27.8 Å². The Bertz CT molecular complexity index is 315. The zero-order valence-electron chi connectivity index (χ0n) is 7.14. The van der Waals surface area contributed by atoms with Gasteiger partial charge in [-0.15, -0.1) is 0 Å². The van der Waals surface area contributed by atoms with Crippen molar-refractivity contribution in [2.45, 2.75) is 0 Å². The number of hydrogen-bond donors (Lipinski definition) is 2. The molecule has 0 fully saturated rings. The highest BCUT2D eigenvalue weighted by Gasteiger charge is 2.19. The topological polar surface area (TPSA) is 75.4 Å². The molecule has 0 aliphatic heterocycles. The van der Waals surface area contributed by atoms with Crippen molar-refractivity contribution in [3.8, 4) is 0 Å². The van der Waals surface area contributed by atoms with Gasteiger partial charge in [0.25, 0.3) is 0 Å². The molecule has 0 atom stereocenters. The maximum atomic E-state index is 10.4. The molecule has 0 rings (SSSR count). The summed E-state index contributed by atoms with van der Waals surface area (Å²) in [5.41, 5.74) is -0.0873. The summed E-state index contributed by atoms with van der Waals surface area (Å²) >= 11 is 19.2. The van der Waals surface area contributed by atoms with Gasteiger partial charge >= 0.3 is 5.16 Å². The van der Waals surface area contributed by atoms with Crippen LogP contribution in [-0.2, 0) is 0 Å². The molecule has 0 bridgehead atoms. The van der Waals surface area contributed by atoms with Crippen LogP contribution in [0, 0.1) is 10.1 Å². The van der Waals surface area contributed by atoms with Gasteiger partial charge in [0, 0.05) is 6.54 Å². The maximum Gasteiger partial charge on any atom is 0.361 e. The summed E-state index contributed by atoms with van der Waals surface area (Å²) in [7, 11) is 0. The number of nitrogens with one attached hydrogen (secondary N) is 1. The molecule has 0 saturated heterocycles. The molecule has 5 nitrogen and oxygen atoms in total. The van der Waals surface area contributed by atoms with Crippen molar-refractivity contribution in [3.05, 3.63) is 29.9 Å². The second kappa shape index (κ2) is 7.29. The van der Waals surface area contributed by atoms with Crippen LogP contribution in [0.4, 0.5) is 0 Å². The number of aliphatic hydroxyl groups excluding tert-OH is 1. The van der Waals surface area contributed by atoms with E-state index in [2.05, 4.69) is 21.2 Å². The van der Waals surface area contributed by atoms with Gasteiger partial charge in [0.2, 0.25) is 0 Å². The van der Waals surface area contributed by atoms with E-state index in [4.69, 9.17) is 39.9 Å². The first-order chi connectivity index (χ1) is 6.91. The fraction of sp³-hybridized carbons (Fsp3) is 0.333. The molecule has 0 aromatic carbocycles. The normalized spacial score (nSPS) is 11.8. The molecule has 0 spiro atoms. The highest BCUT2D eigenvalue weighted by Crippen LogP contribution is 2.28. The van der Waals surface area contributed by atoms with Crippen molar-refractivity contribution < 1.29 is 10.0 Å². The first-order valence-corrected chi connectivity index (χ1v) is 5.44. The smallest absolute Gasteiger partial charge is 0.361 e. The number of halogens is 4. The Labute approximate surface area is 109 Å². The molecular weight excluding hydrogens is 334 g/mol. The summed E-state index contributed by atoms with van der Waals surface area (Å²) in [5.74, 6) is 0. The van der Waals surface area contributed by atoms with Crippen LogP contribution >= 0.6 is 50.7 Å². The zero-order chi connectivity index (χ0) is 12.0. The van der Waals surface area contributed by atoms with Gasteiger partial charge in [-0.1, -0.05) is 23.2 Å². The third-order valence-corrected chi connectivity index (χ3v) is 3.12. The Morgan fingerprint density at radius 1 is 1.47 bits per heavy atom. The fourth-order valence-corrected chi connectivity index (χ4v) is 1.40. The first kappa shape index (κ1) is 15.0. The first-order valence-electron chi connectivity index (χ1n) is 3.51. The fourth-order valence-electron chi connectivity index (χ4n) is 0.608. The molecule has 0 amide bonds. The Kier molecular flexibility index (Phi) is 7.29. The van der Waals surface area contributed by atoms with E-state index in [9.17, 15) is 10.1 Å². The second-order valence-electron chi connectivity index (χ2n) is 2.15. The van der Waals surface area contributed by atoms with Gasteiger partial charge in [-0.3, -0.25) is 10.1 Å². The molecule has 0 aliphatic carbocycles. The van der Waals surface area contributed by atoms with Crippen LogP contribution in [0.2, 0.25) is 0 Å². The lowest BCUT2D eigenvalue weighted by atomic mass is 10.4. The summed E-state index contributed by atoms with van der Waals surface area (Å²) in [6, 6.07) is 0. The van der Waals surface area contributed by atoms with Crippen molar-refractivity contribution in [1.82, 2.24) is 5.32 Å². The Morgan fingerprint density at radius 3 is 2.33 bits per heavy atom. The van der Waals surface area contributed by atoms with E-state index in [1.165, 1.54) is 0 Å². The minimum absolute atomic E-state index is 0.0565. The molecule has 0 aromatic heterocycles.